The number of hydrogen-bond donors (Lipinski definition) is 0. The fraction of sp³-hybridized carbons (Fsp3) is 0.375. The van der Waals surface area contributed by atoms with Crippen molar-refractivity contribution in [1.82, 2.24) is 14.8 Å². The number of aromatic nitrogens is 3. The summed E-state index contributed by atoms with van der Waals surface area (Å²) < 4.78 is 13.3. The van der Waals surface area contributed by atoms with Crippen LogP contribution in [0.25, 0.3) is 11.4 Å². The van der Waals surface area contributed by atoms with Gasteiger partial charge in [-0.05, 0) is 43.5 Å². The highest BCUT2D eigenvalue weighted by molar-refractivity contribution is 7.99. The molecule has 0 spiro atoms. The Morgan fingerprint density at radius 3 is 2.68 bits per heavy atom. The van der Waals surface area contributed by atoms with Gasteiger partial charge in [-0.1, -0.05) is 42.1 Å². The van der Waals surface area contributed by atoms with Crippen LogP contribution in [0, 0.1) is 0 Å². The topological polar surface area (TPSA) is 66.2 Å². The number of thioether (sulfide) groups is 1. The van der Waals surface area contributed by atoms with Crippen molar-refractivity contribution in [3.05, 3.63) is 60.2 Å². The lowest BCUT2D eigenvalue weighted by Crippen LogP contribution is -2.16. The van der Waals surface area contributed by atoms with Crippen molar-refractivity contribution < 1.29 is 14.3 Å². The molecule has 0 bridgehead atoms. The zero-order chi connectivity index (χ0) is 21.5. The molecule has 1 fully saturated rings. The minimum Gasteiger partial charge on any atom is -0.497 e. The summed E-state index contributed by atoms with van der Waals surface area (Å²) in [5.41, 5.74) is 1.77. The van der Waals surface area contributed by atoms with Crippen LogP contribution >= 0.6 is 11.8 Å². The molecule has 162 valence electrons. The van der Waals surface area contributed by atoms with E-state index in [-0.39, 0.29) is 11.9 Å². The first-order valence-electron chi connectivity index (χ1n) is 10.6. The van der Waals surface area contributed by atoms with Crippen LogP contribution in [0.1, 0.15) is 36.0 Å². The van der Waals surface area contributed by atoms with Crippen LogP contribution in [0.3, 0.4) is 0 Å². The molecule has 1 unspecified atom stereocenters. The van der Waals surface area contributed by atoms with Crippen molar-refractivity contribution in [3.8, 4) is 17.1 Å². The Morgan fingerprint density at radius 1 is 1.16 bits per heavy atom. The highest BCUT2D eigenvalue weighted by atomic mass is 32.2. The molecular weight excluding hydrogens is 410 g/mol. The monoisotopic (exact) mass is 437 g/mol. The van der Waals surface area contributed by atoms with Gasteiger partial charge in [0.2, 0.25) is 0 Å². The molecule has 3 aromatic rings. The molecule has 1 saturated heterocycles. The van der Waals surface area contributed by atoms with Crippen molar-refractivity contribution >= 4 is 17.5 Å². The summed E-state index contributed by atoms with van der Waals surface area (Å²) in [7, 11) is 1.66. The molecular formula is C24H27N3O3S. The number of ether oxygens (including phenoxy) is 2. The minimum absolute atomic E-state index is 0.181. The maximum absolute atomic E-state index is 12.3. The molecule has 1 atom stereocenters. The van der Waals surface area contributed by atoms with Gasteiger partial charge in [0.1, 0.15) is 5.75 Å². The van der Waals surface area contributed by atoms with Gasteiger partial charge >= 0.3 is 0 Å². The van der Waals surface area contributed by atoms with E-state index in [1.54, 1.807) is 18.9 Å². The molecule has 0 amide bonds. The lowest BCUT2D eigenvalue weighted by Gasteiger charge is -2.15. The highest BCUT2D eigenvalue weighted by Crippen LogP contribution is 2.28. The van der Waals surface area contributed by atoms with Crippen molar-refractivity contribution in [2.45, 2.75) is 43.5 Å². The van der Waals surface area contributed by atoms with E-state index in [0.29, 0.717) is 6.42 Å². The van der Waals surface area contributed by atoms with Gasteiger partial charge in [-0.2, -0.15) is 0 Å². The first-order chi connectivity index (χ1) is 15.2. The molecule has 1 aliphatic heterocycles. The molecule has 7 heteroatoms. The van der Waals surface area contributed by atoms with E-state index in [0.717, 1.165) is 66.0 Å². The number of nitrogens with zero attached hydrogens (tertiary/aromatic N) is 3. The molecule has 31 heavy (non-hydrogen) atoms. The molecule has 6 nitrogen and oxygen atoms in total. The first-order valence-corrected chi connectivity index (χ1v) is 11.6. The molecule has 0 N–H and O–H groups in total. The van der Waals surface area contributed by atoms with Crippen molar-refractivity contribution in [2.75, 3.05) is 19.5 Å². The Kier molecular flexibility index (Phi) is 7.38. The maximum atomic E-state index is 12.3. The van der Waals surface area contributed by atoms with Crippen LogP contribution in [-0.2, 0) is 11.3 Å². The normalized spacial score (nSPS) is 15.8. The molecule has 1 aromatic heterocycles. The second kappa shape index (κ2) is 10.6. The SMILES string of the molecule is COc1ccc(-c2nnc(SCCCC(=O)c3ccccc3)n2CC2CCCO2)cc1. The van der Waals surface area contributed by atoms with E-state index in [4.69, 9.17) is 9.47 Å². The summed E-state index contributed by atoms with van der Waals surface area (Å²) in [4.78, 5) is 12.3. The lowest BCUT2D eigenvalue weighted by atomic mass is 10.1. The van der Waals surface area contributed by atoms with Crippen molar-refractivity contribution in [1.29, 1.82) is 0 Å². The van der Waals surface area contributed by atoms with Gasteiger partial charge in [0.15, 0.2) is 16.8 Å². The summed E-state index contributed by atoms with van der Waals surface area (Å²) in [5.74, 6) is 2.64. The van der Waals surface area contributed by atoms with Crippen LogP contribution in [-0.4, -0.2) is 46.1 Å². The van der Waals surface area contributed by atoms with Gasteiger partial charge in [-0.15, -0.1) is 10.2 Å². The van der Waals surface area contributed by atoms with E-state index in [2.05, 4.69) is 14.8 Å². The third kappa shape index (κ3) is 5.54. The van der Waals surface area contributed by atoms with Crippen LogP contribution < -0.4 is 4.74 Å². The average molecular weight is 438 g/mol. The number of rotatable bonds is 10. The average Bonchev–Trinajstić information content (AvgIpc) is 3.48. The number of ketones is 1. The number of Topliss-reactive ketones (excluding diaryl/α,β-unsaturated/α-hetero) is 1. The highest BCUT2D eigenvalue weighted by Gasteiger charge is 2.22. The third-order valence-electron chi connectivity index (χ3n) is 5.35. The zero-order valence-electron chi connectivity index (χ0n) is 17.7. The fourth-order valence-corrected chi connectivity index (χ4v) is 4.56. The minimum atomic E-state index is 0.181. The van der Waals surface area contributed by atoms with Crippen molar-refractivity contribution in [2.24, 2.45) is 0 Å². The van der Waals surface area contributed by atoms with Crippen LogP contribution in [0.5, 0.6) is 5.75 Å². The maximum Gasteiger partial charge on any atom is 0.191 e. The van der Waals surface area contributed by atoms with E-state index in [1.165, 1.54) is 0 Å². The van der Waals surface area contributed by atoms with Crippen LogP contribution in [0.15, 0.2) is 59.8 Å². The molecule has 1 aliphatic rings. The molecule has 0 radical (unpaired) electrons. The van der Waals surface area contributed by atoms with Gasteiger partial charge in [0, 0.05) is 29.9 Å². The van der Waals surface area contributed by atoms with E-state index in [1.807, 2.05) is 54.6 Å². The first kappa shape index (κ1) is 21.6. The Bertz CT molecular complexity index is 983. The predicted octanol–water partition coefficient (Wildman–Crippen LogP) is 4.89. The van der Waals surface area contributed by atoms with E-state index < -0.39 is 0 Å². The molecule has 0 saturated carbocycles. The summed E-state index contributed by atoms with van der Waals surface area (Å²) in [5, 5.41) is 9.80. The smallest absolute Gasteiger partial charge is 0.191 e. The summed E-state index contributed by atoms with van der Waals surface area (Å²) in [6.45, 7) is 1.55. The van der Waals surface area contributed by atoms with Gasteiger partial charge in [-0.25, -0.2) is 0 Å². The third-order valence-corrected chi connectivity index (χ3v) is 6.40. The molecule has 0 aliphatic carbocycles. The van der Waals surface area contributed by atoms with E-state index >= 15 is 0 Å². The second-order valence-electron chi connectivity index (χ2n) is 7.52. The predicted molar refractivity (Wildman–Crippen MR) is 122 cm³/mol. The Labute approximate surface area is 187 Å². The molecule has 2 heterocycles. The van der Waals surface area contributed by atoms with Gasteiger partial charge in [0.05, 0.1) is 19.8 Å². The van der Waals surface area contributed by atoms with E-state index in [9.17, 15) is 4.79 Å². The quantitative estimate of drug-likeness (QED) is 0.256. The number of carbonyl (C=O) groups excluding carboxylic acids is 1. The number of hydrogen-bond acceptors (Lipinski definition) is 6. The zero-order valence-corrected chi connectivity index (χ0v) is 18.5. The van der Waals surface area contributed by atoms with Gasteiger partial charge < -0.3 is 9.47 Å². The Morgan fingerprint density at radius 2 is 1.97 bits per heavy atom. The number of carbonyl (C=O) groups is 1. The molecule has 4 rings (SSSR count). The largest absolute Gasteiger partial charge is 0.497 e. The standard InChI is InChI=1S/C24H27N3O3S/c1-29-20-13-11-19(12-14-20)23-25-26-24(27(23)17-21-9-5-15-30-21)31-16-6-10-22(28)18-7-3-2-4-8-18/h2-4,7-8,11-14,21H,5-6,9-10,15-17H2,1H3. The van der Waals surface area contributed by atoms with Crippen LogP contribution in [0.2, 0.25) is 0 Å². The Hall–Kier alpha value is -2.64. The van der Waals surface area contributed by atoms with Gasteiger partial charge in [-0.3, -0.25) is 9.36 Å². The molecule has 2 aromatic carbocycles. The number of benzene rings is 2. The lowest BCUT2D eigenvalue weighted by molar-refractivity contribution is 0.0953. The summed E-state index contributed by atoms with van der Waals surface area (Å²) >= 11 is 1.65. The van der Waals surface area contributed by atoms with Crippen LogP contribution in [0.4, 0.5) is 0 Å². The summed E-state index contributed by atoms with van der Waals surface area (Å²) in [6.07, 6.45) is 3.66. The van der Waals surface area contributed by atoms with Gasteiger partial charge in [0.25, 0.3) is 0 Å². The summed E-state index contributed by atoms with van der Waals surface area (Å²) in [6, 6.07) is 17.3. The Balaban J connectivity index is 1.43. The van der Waals surface area contributed by atoms with Crippen molar-refractivity contribution in [3.63, 3.8) is 0 Å². The number of methoxy groups -OCH3 is 1. The fourth-order valence-electron chi connectivity index (χ4n) is 3.67. The second-order valence-corrected chi connectivity index (χ2v) is 8.58.